The lowest BCUT2D eigenvalue weighted by atomic mass is 10.1. The SMILES string of the molecule is CC(C)(C)OC(=O)N[C@@H](CCCCCC(=O)OCc1ccccc1)C(=O)O. The minimum Gasteiger partial charge on any atom is -0.480 e. The number of carbonyl (C=O) groups excluding carboxylic acids is 2. The molecule has 0 heterocycles. The van der Waals surface area contributed by atoms with Crippen LogP contribution in [-0.2, 0) is 25.7 Å². The van der Waals surface area contributed by atoms with Gasteiger partial charge in [0, 0.05) is 6.42 Å². The molecule has 150 valence electrons. The number of carboxylic acids is 1. The van der Waals surface area contributed by atoms with Gasteiger partial charge in [-0.25, -0.2) is 9.59 Å². The zero-order valence-electron chi connectivity index (χ0n) is 16.2. The van der Waals surface area contributed by atoms with Crippen molar-refractivity contribution >= 4 is 18.0 Å². The Morgan fingerprint density at radius 2 is 1.74 bits per heavy atom. The van der Waals surface area contributed by atoms with Gasteiger partial charge in [0.1, 0.15) is 18.2 Å². The number of alkyl carbamates (subject to hydrolysis) is 1. The molecule has 0 aliphatic heterocycles. The molecule has 0 spiro atoms. The van der Waals surface area contributed by atoms with Crippen molar-refractivity contribution in [3.63, 3.8) is 0 Å². The first-order valence-electron chi connectivity index (χ1n) is 9.09. The van der Waals surface area contributed by atoms with Gasteiger partial charge in [-0.05, 0) is 39.2 Å². The summed E-state index contributed by atoms with van der Waals surface area (Å²) in [5.41, 5.74) is 0.246. The molecule has 0 radical (unpaired) electrons. The number of nitrogens with one attached hydrogen (secondary N) is 1. The van der Waals surface area contributed by atoms with Crippen LogP contribution in [0.15, 0.2) is 30.3 Å². The summed E-state index contributed by atoms with van der Waals surface area (Å²) in [6, 6.07) is 8.42. The largest absolute Gasteiger partial charge is 0.480 e. The summed E-state index contributed by atoms with van der Waals surface area (Å²) >= 11 is 0. The highest BCUT2D eigenvalue weighted by molar-refractivity contribution is 5.79. The van der Waals surface area contributed by atoms with E-state index >= 15 is 0 Å². The third-order valence-electron chi connectivity index (χ3n) is 3.61. The van der Waals surface area contributed by atoms with Gasteiger partial charge in [-0.15, -0.1) is 0 Å². The van der Waals surface area contributed by atoms with Gasteiger partial charge in [0.05, 0.1) is 0 Å². The monoisotopic (exact) mass is 379 g/mol. The van der Waals surface area contributed by atoms with Crippen molar-refractivity contribution in [2.45, 2.75) is 71.1 Å². The van der Waals surface area contributed by atoms with Crippen molar-refractivity contribution in [2.24, 2.45) is 0 Å². The molecule has 27 heavy (non-hydrogen) atoms. The Morgan fingerprint density at radius 3 is 2.33 bits per heavy atom. The number of amides is 1. The van der Waals surface area contributed by atoms with Crippen molar-refractivity contribution in [3.05, 3.63) is 35.9 Å². The van der Waals surface area contributed by atoms with Crippen molar-refractivity contribution < 1.29 is 29.0 Å². The molecular formula is C20H29NO6. The Hall–Kier alpha value is -2.57. The van der Waals surface area contributed by atoms with E-state index in [4.69, 9.17) is 9.47 Å². The first-order valence-corrected chi connectivity index (χ1v) is 9.09. The van der Waals surface area contributed by atoms with E-state index in [1.165, 1.54) is 0 Å². The third-order valence-corrected chi connectivity index (χ3v) is 3.61. The Balaban J connectivity index is 2.21. The minimum atomic E-state index is -1.11. The molecule has 7 heteroatoms. The fourth-order valence-corrected chi connectivity index (χ4v) is 2.31. The van der Waals surface area contributed by atoms with Gasteiger partial charge in [0.2, 0.25) is 0 Å². The van der Waals surface area contributed by atoms with Crippen molar-refractivity contribution in [1.29, 1.82) is 0 Å². The maximum absolute atomic E-state index is 11.7. The second-order valence-electron chi connectivity index (χ2n) is 7.28. The lowest BCUT2D eigenvalue weighted by Gasteiger charge is -2.22. The fraction of sp³-hybridized carbons (Fsp3) is 0.550. The number of esters is 1. The van der Waals surface area contributed by atoms with E-state index in [1.54, 1.807) is 20.8 Å². The molecule has 7 nitrogen and oxygen atoms in total. The molecule has 1 aromatic rings. The molecule has 0 saturated heterocycles. The quantitative estimate of drug-likeness (QED) is 0.475. The Kier molecular flexibility index (Phi) is 9.33. The van der Waals surface area contributed by atoms with E-state index in [0.29, 0.717) is 19.3 Å². The third kappa shape index (κ3) is 10.9. The molecule has 0 bridgehead atoms. The van der Waals surface area contributed by atoms with E-state index in [-0.39, 0.29) is 25.4 Å². The number of aliphatic carboxylic acids is 1. The second kappa shape index (κ2) is 11.2. The number of rotatable bonds is 10. The van der Waals surface area contributed by atoms with Crippen LogP contribution >= 0.6 is 0 Å². The molecule has 1 aromatic carbocycles. The molecule has 0 aliphatic carbocycles. The summed E-state index contributed by atoms with van der Waals surface area (Å²) in [5, 5.41) is 11.6. The lowest BCUT2D eigenvalue weighted by Crippen LogP contribution is -2.43. The van der Waals surface area contributed by atoms with Crippen LogP contribution < -0.4 is 5.32 Å². The van der Waals surface area contributed by atoms with E-state index < -0.39 is 23.7 Å². The van der Waals surface area contributed by atoms with Crippen LogP contribution in [0.4, 0.5) is 4.79 Å². The van der Waals surface area contributed by atoms with Gasteiger partial charge in [-0.3, -0.25) is 4.79 Å². The standard InChI is InChI=1S/C20H29NO6/c1-20(2,3)27-19(25)21-16(18(23)24)12-8-5-9-13-17(22)26-14-15-10-6-4-7-11-15/h4,6-7,10-11,16H,5,8-9,12-14H2,1-3H3,(H,21,25)(H,23,24)/t16-/m0/s1. The summed E-state index contributed by atoms with van der Waals surface area (Å²) in [4.78, 5) is 34.6. The van der Waals surface area contributed by atoms with Crippen LogP contribution in [0.5, 0.6) is 0 Å². The number of carboxylic acid groups (broad SMARTS) is 1. The first-order chi connectivity index (χ1) is 12.7. The average Bonchev–Trinajstić information content (AvgIpc) is 2.57. The topological polar surface area (TPSA) is 102 Å². The Bertz CT molecular complexity index is 609. The second-order valence-corrected chi connectivity index (χ2v) is 7.28. The molecule has 1 amide bonds. The van der Waals surface area contributed by atoms with Gasteiger partial charge >= 0.3 is 18.0 Å². The number of hydrogen-bond acceptors (Lipinski definition) is 5. The molecule has 0 saturated carbocycles. The Morgan fingerprint density at radius 1 is 1.07 bits per heavy atom. The number of benzene rings is 1. The molecular weight excluding hydrogens is 350 g/mol. The molecule has 0 aromatic heterocycles. The van der Waals surface area contributed by atoms with Crippen LogP contribution in [-0.4, -0.2) is 34.8 Å². The highest BCUT2D eigenvalue weighted by Gasteiger charge is 2.23. The van der Waals surface area contributed by atoms with Crippen molar-refractivity contribution in [3.8, 4) is 0 Å². The summed E-state index contributed by atoms with van der Waals surface area (Å²) in [7, 11) is 0. The lowest BCUT2D eigenvalue weighted by molar-refractivity contribution is -0.145. The van der Waals surface area contributed by atoms with Gasteiger partial charge in [0.25, 0.3) is 0 Å². The number of carbonyl (C=O) groups is 3. The van der Waals surface area contributed by atoms with Gasteiger partial charge in [0.15, 0.2) is 0 Å². The van der Waals surface area contributed by atoms with E-state index in [0.717, 1.165) is 5.56 Å². The molecule has 0 unspecified atom stereocenters. The first kappa shape index (κ1) is 22.5. The van der Waals surface area contributed by atoms with Crippen LogP contribution in [0, 0.1) is 0 Å². The predicted octanol–water partition coefficient (Wildman–Crippen LogP) is 3.66. The average molecular weight is 379 g/mol. The fourth-order valence-electron chi connectivity index (χ4n) is 2.31. The summed E-state index contributed by atoms with van der Waals surface area (Å²) in [5.74, 6) is -1.39. The van der Waals surface area contributed by atoms with Gasteiger partial charge in [-0.1, -0.05) is 43.2 Å². The maximum Gasteiger partial charge on any atom is 0.408 e. The smallest absolute Gasteiger partial charge is 0.408 e. The number of ether oxygens (including phenoxy) is 2. The summed E-state index contributed by atoms with van der Waals surface area (Å²) in [6.45, 7) is 5.37. The molecule has 1 rings (SSSR count). The predicted molar refractivity (Wildman–Crippen MR) is 100 cm³/mol. The zero-order valence-corrected chi connectivity index (χ0v) is 16.2. The Labute approximate surface area is 160 Å². The summed E-state index contributed by atoms with van der Waals surface area (Å²) in [6.07, 6.45) is 1.64. The molecule has 0 aliphatic rings. The number of unbranched alkanes of at least 4 members (excludes halogenated alkanes) is 2. The summed E-state index contributed by atoms with van der Waals surface area (Å²) < 4.78 is 10.3. The van der Waals surface area contributed by atoms with Crippen LogP contribution in [0.1, 0.15) is 58.4 Å². The van der Waals surface area contributed by atoms with Gasteiger partial charge < -0.3 is 19.9 Å². The molecule has 1 atom stereocenters. The molecule has 0 fully saturated rings. The molecule has 2 N–H and O–H groups in total. The van der Waals surface area contributed by atoms with E-state index in [2.05, 4.69) is 5.32 Å². The van der Waals surface area contributed by atoms with Gasteiger partial charge in [-0.2, -0.15) is 0 Å². The highest BCUT2D eigenvalue weighted by atomic mass is 16.6. The van der Waals surface area contributed by atoms with Crippen LogP contribution in [0.2, 0.25) is 0 Å². The normalized spacial score (nSPS) is 12.1. The van der Waals surface area contributed by atoms with Crippen molar-refractivity contribution in [2.75, 3.05) is 0 Å². The number of hydrogen-bond donors (Lipinski definition) is 2. The maximum atomic E-state index is 11.7. The minimum absolute atomic E-state index is 0.251. The van der Waals surface area contributed by atoms with Crippen LogP contribution in [0.25, 0.3) is 0 Å². The van der Waals surface area contributed by atoms with Crippen molar-refractivity contribution in [1.82, 2.24) is 5.32 Å². The van der Waals surface area contributed by atoms with E-state index in [9.17, 15) is 19.5 Å². The zero-order chi connectivity index (χ0) is 20.3. The van der Waals surface area contributed by atoms with E-state index in [1.807, 2.05) is 30.3 Å². The van der Waals surface area contributed by atoms with Crippen LogP contribution in [0.3, 0.4) is 0 Å². The highest BCUT2D eigenvalue weighted by Crippen LogP contribution is 2.10.